The molecule has 1 N–H and O–H groups in total. The molecular formula is C30H29O5P. The Balaban J connectivity index is 2.08. The number of methoxy groups -OCH3 is 1. The van der Waals surface area contributed by atoms with E-state index >= 15 is 0 Å². The van der Waals surface area contributed by atoms with Gasteiger partial charge >= 0.3 is 211 Å². The Kier molecular flexibility index (Phi) is 7.52. The van der Waals surface area contributed by atoms with Crippen molar-refractivity contribution < 1.29 is 24.0 Å². The Morgan fingerprint density at radius 3 is 1.50 bits per heavy atom. The molecule has 0 aliphatic carbocycles. The van der Waals surface area contributed by atoms with Crippen molar-refractivity contribution in [3.05, 3.63) is 121 Å². The predicted octanol–water partition coefficient (Wildman–Crippen LogP) is 5.05. The third kappa shape index (κ3) is 4.75. The van der Waals surface area contributed by atoms with Crippen LogP contribution >= 0.6 is 6.83 Å². The number of carbonyl (C=O) groups excluding carboxylic acids is 1. The monoisotopic (exact) mass is 500 g/mol. The van der Waals surface area contributed by atoms with Gasteiger partial charge in [0.1, 0.15) is 0 Å². The predicted molar refractivity (Wildman–Crippen MR) is 145 cm³/mol. The number of benzene rings is 4. The topological polar surface area (TPSA) is 72.8 Å². The number of aliphatic carboxylic acids is 1. The van der Waals surface area contributed by atoms with E-state index in [-0.39, 0.29) is 12.8 Å². The summed E-state index contributed by atoms with van der Waals surface area (Å²) in [5.74, 6) is -0.849. The van der Waals surface area contributed by atoms with Crippen molar-refractivity contribution in [1.82, 2.24) is 0 Å². The minimum atomic E-state index is -3.99. The third-order valence-electron chi connectivity index (χ3n) is 6.40. The fourth-order valence-corrected chi connectivity index (χ4v) is 10.4. The second-order valence-corrected chi connectivity index (χ2v) is 13.1. The molecule has 0 aliphatic rings. The van der Waals surface area contributed by atoms with Crippen molar-refractivity contribution in [1.29, 1.82) is 0 Å². The molecule has 0 bridgehead atoms. The van der Waals surface area contributed by atoms with Crippen molar-refractivity contribution >= 4 is 34.7 Å². The molecule has 0 heterocycles. The van der Waals surface area contributed by atoms with Crippen LogP contribution in [0, 0.1) is 0 Å². The van der Waals surface area contributed by atoms with Crippen LogP contribution < -0.4 is 20.7 Å². The maximum atomic E-state index is 13.5. The third-order valence-corrected chi connectivity index (χ3v) is 12.1. The van der Waals surface area contributed by atoms with Gasteiger partial charge in [0, 0.05) is 0 Å². The van der Waals surface area contributed by atoms with Gasteiger partial charge in [-0.3, -0.25) is 0 Å². The molecule has 0 saturated carbocycles. The summed E-state index contributed by atoms with van der Waals surface area (Å²) in [7, 11) is 1.62. The van der Waals surface area contributed by atoms with Crippen LogP contribution in [0.5, 0.6) is 5.75 Å². The fourth-order valence-electron chi connectivity index (χ4n) is 4.70. The number of carboxylic acid groups (broad SMARTS) is 1. The number of carboxylic acids is 1. The molecule has 0 radical (unpaired) electrons. The molecule has 184 valence electrons. The van der Waals surface area contributed by atoms with Crippen LogP contribution in [0.1, 0.15) is 18.4 Å². The Labute approximate surface area is 211 Å². The number of hydrogen-bond acceptors (Lipinski definition) is 4. The molecule has 0 unspecified atom stereocenters. The summed E-state index contributed by atoms with van der Waals surface area (Å²) in [6.45, 7) is -3.99. The van der Waals surface area contributed by atoms with E-state index in [0.717, 1.165) is 27.2 Å². The van der Waals surface area contributed by atoms with Gasteiger partial charge in [0.05, 0.1) is 0 Å². The molecule has 6 heteroatoms. The molecule has 0 atom stereocenters. The van der Waals surface area contributed by atoms with Gasteiger partial charge in [-0.1, -0.05) is 0 Å². The second-order valence-electron chi connectivity index (χ2n) is 8.58. The first-order chi connectivity index (χ1) is 17.5. The zero-order valence-corrected chi connectivity index (χ0v) is 21.0. The van der Waals surface area contributed by atoms with E-state index in [9.17, 15) is 14.7 Å². The van der Waals surface area contributed by atoms with Crippen LogP contribution in [0.15, 0.2) is 115 Å². The van der Waals surface area contributed by atoms with E-state index in [2.05, 4.69) is 0 Å². The quantitative estimate of drug-likeness (QED) is 0.309. The number of hydrogen-bond donors (Lipinski definition) is 1. The summed E-state index contributed by atoms with van der Waals surface area (Å²) in [6, 6.07) is 37.3. The van der Waals surface area contributed by atoms with E-state index in [0.29, 0.717) is 6.16 Å². The molecule has 5 nitrogen and oxygen atoms in total. The van der Waals surface area contributed by atoms with Gasteiger partial charge in [-0.15, -0.1) is 0 Å². The summed E-state index contributed by atoms with van der Waals surface area (Å²) in [5, 5.41) is 11.9. The van der Waals surface area contributed by atoms with Crippen molar-refractivity contribution in [2.24, 2.45) is 0 Å². The summed E-state index contributed by atoms with van der Waals surface area (Å²) in [4.78, 5) is 24.8. The van der Waals surface area contributed by atoms with E-state index in [1.807, 2.05) is 115 Å². The Hall–Kier alpha value is -3.95. The standard InChI is InChI=1S/C30H29O5P/c1-34-25-19-17-24(18-20-25)23-36(26-11-5-2-6-12-26,27-13-7-3-8-14-27,28-15-9-4-10-16-28)35-30(33)22-21-29(31)32/h2-20H,21-23H2,1H3,(H,31,32). The van der Waals surface area contributed by atoms with E-state index in [1.54, 1.807) is 7.11 Å². The normalized spacial score (nSPS) is 12.2. The SMILES string of the molecule is COc1ccc(CP(OC(=O)CCC(=O)O)(c2ccccc2)(c2ccccc2)c2ccccc2)cc1. The van der Waals surface area contributed by atoms with Crippen LogP contribution in [-0.4, -0.2) is 24.2 Å². The maximum absolute atomic E-state index is 13.5. The first-order valence-corrected chi connectivity index (χ1v) is 14.1. The average Bonchev–Trinajstić information content (AvgIpc) is 2.93. The van der Waals surface area contributed by atoms with Crippen molar-refractivity contribution in [2.75, 3.05) is 7.11 Å². The number of rotatable bonds is 10. The zero-order chi connectivity index (χ0) is 25.5. The summed E-state index contributed by atoms with van der Waals surface area (Å²) in [5.41, 5.74) is 0.969. The van der Waals surface area contributed by atoms with Gasteiger partial charge < -0.3 is 0 Å². The summed E-state index contributed by atoms with van der Waals surface area (Å²) in [6.07, 6.45) is -0.110. The first-order valence-electron chi connectivity index (χ1n) is 11.7. The first kappa shape index (κ1) is 25.2. The Morgan fingerprint density at radius 1 is 0.667 bits per heavy atom. The van der Waals surface area contributed by atoms with Crippen molar-refractivity contribution in [3.63, 3.8) is 0 Å². The molecule has 4 aromatic rings. The van der Waals surface area contributed by atoms with Gasteiger partial charge in [-0.2, -0.15) is 0 Å². The van der Waals surface area contributed by atoms with Gasteiger partial charge in [0.25, 0.3) is 0 Å². The van der Waals surface area contributed by atoms with Gasteiger partial charge in [0.15, 0.2) is 0 Å². The van der Waals surface area contributed by atoms with Crippen molar-refractivity contribution in [2.45, 2.75) is 19.0 Å². The molecule has 0 saturated heterocycles. The number of ether oxygens (including phenoxy) is 1. The van der Waals surface area contributed by atoms with Gasteiger partial charge in [-0.25, -0.2) is 0 Å². The van der Waals surface area contributed by atoms with Gasteiger partial charge in [0.2, 0.25) is 0 Å². The van der Waals surface area contributed by atoms with E-state index in [1.165, 1.54) is 0 Å². The van der Waals surface area contributed by atoms with Crippen LogP contribution in [0.2, 0.25) is 0 Å². The van der Waals surface area contributed by atoms with Crippen LogP contribution in [-0.2, 0) is 20.3 Å². The number of carbonyl (C=O) groups is 2. The molecular weight excluding hydrogens is 471 g/mol. The minimum absolute atomic E-state index is 0.220. The summed E-state index contributed by atoms with van der Waals surface area (Å²) < 4.78 is 12.2. The average molecular weight is 501 g/mol. The van der Waals surface area contributed by atoms with Gasteiger partial charge in [-0.05, 0) is 0 Å². The van der Waals surface area contributed by atoms with Crippen molar-refractivity contribution in [3.8, 4) is 5.75 Å². The molecule has 4 aromatic carbocycles. The Bertz CT molecular complexity index is 1210. The van der Waals surface area contributed by atoms with Crippen LogP contribution in [0.3, 0.4) is 0 Å². The second kappa shape index (κ2) is 10.8. The molecule has 0 amide bonds. The zero-order valence-electron chi connectivity index (χ0n) is 20.1. The molecule has 0 spiro atoms. The summed E-state index contributed by atoms with van der Waals surface area (Å²) >= 11 is 0. The Morgan fingerprint density at radius 2 is 1.11 bits per heavy atom. The van der Waals surface area contributed by atoms with E-state index in [4.69, 9.17) is 9.26 Å². The molecule has 0 fully saturated rings. The molecule has 36 heavy (non-hydrogen) atoms. The fraction of sp³-hybridized carbons (Fsp3) is 0.133. The van der Waals surface area contributed by atoms with Crippen LogP contribution in [0.4, 0.5) is 0 Å². The van der Waals surface area contributed by atoms with E-state index < -0.39 is 18.8 Å². The molecule has 0 aliphatic heterocycles. The van der Waals surface area contributed by atoms with Crippen LogP contribution in [0.25, 0.3) is 0 Å². The molecule has 4 rings (SSSR count). The molecule has 0 aromatic heterocycles.